The van der Waals surface area contributed by atoms with Gasteiger partial charge in [-0.05, 0) is 11.6 Å². The highest BCUT2D eigenvalue weighted by molar-refractivity contribution is 5.97. The number of allylic oxidation sites excluding steroid dienone is 2. The maximum absolute atomic E-state index is 12.4. The second-order valence-electron chi connectivity index (χ2n) is 4.77. The lowest BCUT2D eigenvalue weighted by atomic mass is 9.88. The van der Waals surface area contributed by atoms with Gasteiger partial charge in [0, 0.05) is 6.08 Å². The topological polar surface area (TPSA) is 76.0 Å². The van der Waals surface area contributed by atoms with Crippen LogP contribution >= 0.6 is 0 Å². The standard InChI is InChI=1S/C17H18O5/c1-21-14-10-13(19)17(22-2)16(20)15(14)12(18)9-8-11-6-4-3-5-7-11/h3-10,15-16,19-20H,1-2H3/b9-8+/t15-,16-/m0/s1. The summed E-state index contributed by atoms with van der Waals surface area (Å²) in [4.78, 5) is 12.4. The van der Waals surface area contributed by atoms with E-state index < -0.39 is 12.0 Å². The maximum Gasteiger partial charge on any atom is 0.169 e. The third-order valence-corrected chi connectivity index (χ3v) is 3.42. The summed E-state index contributed by atoms with van der Waals surface area (Å²) in [5.41, 5.74) is 0.870. The fraction of sp³-hybridized carbons (Fsp3) is 0.235. The molecule has 0 unspecified atom stereocenters. The molecule has 2 N–H and O–H groups in total. The first kappa shape index (κ1) is 15.9. The molecule has 22 heavy (non-hydrogen) atoms. The van der Waals surface area contributed by atoms with Crippen molar-refractivity contribution < 1.29 is 24.5 Å². The molecule has 5 heteroatoms. The highest BCUT2D eigenvalue weighted by atomic mass is 16.5. The molecule has 5 nitrogen and oxygen atoms in total. The summed E-state index contributed by atoms with van der Waals surface area (Å²) < 4.78 is 10.1. The fourth-order valence-electron chi connectivity index (χ4n) is 2.31. The van der Waals surface area contributed by atoms with Crippen LogP contribution in [0.3, 0.4) is 0 Å². The van der Waals surface area contributed by atoms with Crippen molar-refractivity contribution in [1.29, 1.82) is 0 Å². The lowest BCUT2D eigenvalue weighted by Crippen LogP contribution is -2.35. The number of benzene rings is 1. The van der Waals surface area contributed by atoms with Gasteiger partial charge >= 0.3 is 0 Å². The molecular formula is C17H18O5. The molecule has 2 atom stereocenters. The van der Waals surface area contributed by atoms with Crippen LogP contribution in [0, 0.1) is 5.92 Å². The molecule has 0 radical (unpaired) electrons. The van der Waals surface area contributed by atoms with E-state index in [-0.39, 0.29) is 23.1 Å². The Bertz CT molecular complexity index is 628. The monoisotopic (exact) mass is 302 g/mol. The Morgan fingerprint density at radius 3 is 2.45 bits per heavy atom. The Kier molecular flexibility index (Phi) is 5.01. The minimum Gasteiger partial charge on any atom is -0.504 e. The van der Waals surface area contributed by atoms with Crippen molar-refractivity contribution in [3.8, 4) is 0 Å². The van der Waals surface area contributed by atoms with Gasteiger partial charge in [0.2, 0.25) is 0 Å². The molecule has 0 saturated heterocycles. The minimum absolute atomic E-state index is 0.0488. The maximum atomic E-state index is 12.4. The lowest BCUT2D eigenvalue weighted by Gasteiger charge is -2.27. The zero-order valence-corrected chi connectivity index (χ0v) is 12.4. The molecule has 0 aliphatic heterocycles. The van der Waals surface area contributed by atoms with Crippen LogP contribution in [-0.4, -0.2) is 36.3 Å². The summed E-state index contributed by atoms with van der Waals surface area (Å²) in [6, 6.07) is 9.34. The smallest absolute Gasteiger partial charge is 0.169 e. The van der Waals surface area contributed by atoms with Gasteiger partial charge in [-0.3, -0.25) is 4.79 Å². The minimum atomic E-state index is -1.29. The van der Waals surface area contributed by atoms with E-state index in [0.717, 1.165) is 5.56 Å². The van der Waals surface area contributed by atoms with E-state index >= 15 is 0 Å². The van der Waals surface area contributed by atoms with E-state index in [9.17, 15) is 15.0 Å². The molecule has 0 amide bonds. The van der Waals surface area contributed by atoms with Gasteiger partial charge in [0.05, 0.1) is 14.2 Å². The fourth-order valence-corrected chi connectivity index (χ4v) is 2.31. The lowest BCUT2D eigenvalue weighted by molar-refractivity contribution is -0.121. The molecule has 0 bridgehead atoms. The molecule has 0 fully saturated rings. The van der Waals surface area contributed by atoms with Gasteiger partial charge in [-0.25, -0.2) is 0 Å². The summed E-state index contributed by atoms with van der Waals surface area (Å²) in [5.74, 6) is -1.40. The first-order valence-corrected chi connectivity index (χ1v) is 6.76. The molecule has 1 aromatic carbocycles. The molecule has 0 saturated carbocycles. The van der Waals surface area contributed by atoms with Gasteiger partial charge < -0.3 is 19.7 Å². The normalized spacial score (nSPS) is 21.7. The van der Waals surface area contributed by atoms with Crippen LogP contribution in [0.5, 0.6) is 0 Å². The third kappa shape index (κ3) is 3.20. The van der Waals surface area contributed by atoms with E-state index in [0.29, 0.717) is 0 Å². The van der Waals surface area contributed by atoms with Gasteiger partial charge in [0.15, 0.2) is 17.3 Å². The Labute approximate surface area is 128 Å². The molecule has 0 heterocycles. The van der Waals surface area contributed by atoms with E-state index in [1.54, 1.807) is 6.08 Å². The van der Waals surface area contributed by atoms with Crippen LogP contribution in [0.25, 0.3) is 6.08 Å². The molecule has 1 aliphatic carbocycles. The zero-order valence-electron chi connectivity index (χ0n) is 12.4. The predicted molar refractivity (Wildman–Crippen MR) is 81.7 cm³/mol. The van der Waals surface area contributed by atoms with Crippen LogP contribution in [0.15, 0.2) is 59.8 Å². The highest BCUT2D eigenvalue weighted by Crippen LogP contribution is 2.30. The van der Waals surface area contributed by atoms with Gasteiger partial charge in [0.25, 0.3) is 0 Å². The molecular weight excluding hydrogens is 284 g/mol. The SMILES string of the molecule is COC1=CC(O)=C(OC)[C@@H](O)[C@H]1C(=O)/C=C/c1ccccc1. The Morgan fingerprint density at radius 1 is 1.18 bits per heavy atom. The summed E-state index contributed by atoms with van der Waals surface area (Å²) in [6.07, 6.45) is 3.03. The quantitative estimate of drug-likeness (QED) is 0.816. The number of carbonyl (C=O) groups is 1. The van der Waals surface area contributed by atoms with Crippen molar-refractivity contribution in [2.75, 3.05) is 14.2 Å². The Balaban J connectivity index is 2.25. The molecule has 2 rings (SSSR count). The molecule has 116 valence electrons. The average Bonchev–Trinajstić information content (AvgIpc) is 2.53. The number of methoxy groups -OCH3 is 2. The summed E-state index contributed by atoms with van der Waals surface area (Å²) in [6.45, 7) is 0. The third-order valence-electron chi connectivity index (χ3n) is 3.42. The number of ether oxygens (including phenoxy) is 2. The van der Waals surface area contributed by atoms with Crippen molar-refractivity contribution in [3.63, 3.8) is 0 Å². The zero-order chi connectivity index (χ0) is 16.1. The van der Waals surface area contributed by atoms with Crippen molar-refractivity contribution in [3.05, 3.63) is 65.3 Å². The summed E-state index contributed by atoms with van der Waals surface area (Å²) in [7, 11) is 2.70. The molecule has 1 aromatic rings. The van der Waals surface area contributed by atoms with E-state index in [2.05, 4.69) is 0 Å². The number of ketones is 1. The van der Waals surface area contributed by atoms with E-state index in [4.69, 9.17) is 9.47 Å². The van der Waals surface area contributed by atoms with Crippen LogP contribution in [-0.2, 0) is 14.3 Å². The second-order valence-corrected chi connectivity index (χ2v) is 4.77. The van der Waals surface area contributed by atoms with Crippen LogP contribution in [0.1, 0.15) is 5.56 Å². The summed E-state index contributed by atoms with van der Waals surface area (Å²) in [5, 5.41) is 20.0. The van der Waals surface area contributed by atoms with Gasteiger partial charge in [-0.1, -0.05) is 36.4 Å². The predicted octanol–water partition coefficient (Wildman–Crippen LogP) is 2.21. The second kappa shape index (κ2) is 6.95. The van der Waals surface area contributed by atoms with Crippen LogP contribution in [0.2, 0.25) is 0 Å². The summed E-state index contributed by atoms with van der Waals surface area (Å²) >= 11 is 0. The first-order valence-electron chi connectivity index (χ1n) is 6.76. The van der Waals surface area contributed by atoms with Gasteiger partial charge in [-0.15, -0.1) is 0 Å². The number of aliphatic hydroxyl groups is 2. The van der Waals surface area contributed by atoms with Crippen molar-refractivity contribution in [2.24, 2.45) is 5.92 Å². The van der Waals surface area contributed by atoms with Crippen LogP contribution in [0.4, 0.5) is 0 Å². The van der Waals surface area contributed by atoms with Crippen LogP contribution < -0.4 is 0 Å². The van der Waals surface area contributed by atoms with E-state index in [1.165, 1.54) is 26.4 Å². The number of hydrogen-bond acceptors (Lipinski definition) is 5. The number of hydrogen-bond donors (Lipinski definition) is 2. The average molecular weight is 302 g/mol. The first-order chi connectivity index (χ1) is 10.6. The van der Waals surface area contributed by atoms with Gasteiger partial charge in [0.1, 0.15) is 17.8 Å². The van der Waals surface area contributed by atoms with Crippen molar-refractivity contribution in [1.82, 2.24) is 0 Å². The molecule has 1 aliphatic rings. The number of carbonyl (C=O) groups excluding carboxylic acids is 1. The van der Waals surface area contributed by atoms with Gasteiger partial charge in [-0.2, -0.15) is 0 Å². The Morgan fingerprint density at radius 2 is 1.86 bits per heavy atom. The highest BCUT2D eigenvalue weighted by Gasteiger charge is 2.38. The van der Waals surface area contributed by atoms with Crippen molar-refractivity contribution >= 4 is 11.9 Å². The van der Waals surface area contributed by atoms with Crippen molar-refractivity contribution in [2.45, 2.75) is 6.10 Å². The van der Waals surface area contributed by atoms with E-state index in [1.807, 2.05) is 30.3 Å². The number of rotatable bonds is 5. The Hall–Kier alpha value is -2.53. The molecule has 0 spiro atoms. The number of aliphatic hydroxyl groups excluding tert-OH is 2. The largest absolute Gasteiger partial charge is 0.504 e. The molecule has 0 aromatic heterocycles.